The van der Waals surface area contributed by atoms with Crippen LogP contribution in [0.1, 0.15) is 25.0 Å². The molecule has 48 heavy (non-hydrogen) atoms. The van der Waals surface area contributed by atoms with Gasteiger partial charge in [-0.25, -0.2) is 4.39 Å². The van der Waals surface area contributed by atoms with Gasteiger partial charge in [-0.1, -0.05) is 98.8 Å². The molecule has 8 aromatic rings. The first-order chi connectivity index (χ1) is 23.5. The number of fused-ring (bicyclic) bond motifs is 8. The molecule has 0 atom stereocenters. The minimum absolute atomic E-state index is 0.246. The summed E-state index contributed by atoms with van der Waals surface area (Å²) in [7, 11) is 0. The maximum Gasteiger partial charge on any atom is 0.123 e. The van der Waals surface area contributed by atoms with Gasteiger partial charge in [-0.05, 0) is 122 Å². The smallest absolute Gasteiger partial charge is 0.123 e. The molecule has 0 bridgehead atoms. The van der Waals surface area contributed by atoms with Gasteiger partial charge in [0.25, 0.3) is 0 Å². The second-order valence-corrected chi connectivity index (χ2v) is 13.2. The van der Waals surface area contributed by atoms with Crippen LogP contribution in [0.15, 0.2) is 164 Å². The average molecular weight is 621 g/mol. The predicted molar refractivity (Wildman–Crippen MR) is 200 cm³/mol. The fourth-order valence-corrected chi connectivity index (χ4v) is 7.73. The Morgan fingerprint density at radius 2 is 0.917 bits per heavy atom. The van der Waals surface area contributed by atoms with Gasteiger partial charge < -0.3 is 9.80 Å². The summed E-state index contributed by atoms with van der Waals surface area (Å²) < 4.78 is 14.3. The molecule has 0 saturated heterocycles. The molecule has 0 amide bonds. The number of halogens is 1. The third-order valence-electron chi connectivity index (χ3n) is 10.0. The average Bonchev–Trinajstić information content (AvgIpc) is 3.13. The summed E-state index contributed by atoms with van der Waals surface area (Å²) in [6.07, 6.45) is 0. The molecule has 0 aliphatic carbocycles. The van der Waals surface area contributed by atoms with Crippen LogP contribution in [0.25, 0.3) is 32.3 Å². The molecule has 1 heterocycles. The highest BCUT2D eigenvalue weighted by atomic mass is 19.1. The number of hydrogen-bond donors (Lipinski definition) is 0. The number of rotatable bonds is 4. The van der Waals surface area contributed by atoms with E-state index < -0.39 is 0 Å². The third-order valence-corrected chi connectivity index (χ3v) is 10.0. The van der Waals surface area contributed by atoms with Gasteiger partial charge in [0.2, 0.25) is 0 Å². The molecule has 0 unspecified atom stereocenters. The van der Waals surface area contributed by atoms with E-state index in [9.17, 15) is 4.39 Å². The summed E-state index contributed by atoms with van der Waals surface area (Å²) in [6, 6.07) is 56.9. The molecule has 1 aliphatic heterocycles. The van der Waals surface area contributed by atoms with E-state index in [-0.39, 0.29) is 11.2 Å². The van der Waals surface area contributed by atoms with Gasteiger partial charge >= 0.3 is 0 Å². The molecule has 9 rings (SSSR count). The molecule has 0 N–H and O–H groups in total. The first kappa shape index (κ1) is 28.3. The zero-order chi connectivity index (χ0) is 32.4. The third kappa shape index (κ3) is 4.31. The van der Waals surface area contributed by atoms with E-state index >= 15 is 0 Å². The Hall–Kier alpha value is -5.93. The van der Waals surface area contributed by atoms with E-state index in [1.807, 2.05) is 12.1 Å². The monoisotopic (exact) mass is 620 g/mol. The van der Waals surface area contributed by atoms with Crippen molar-refractivity contribution in [3.05, 3.63) is 181 Å². The normalized spacial score (nSPS) is 13.4. The molecule has 0 fully saturated rings. The lowest BCUT2D eigenvalue weighted by Crippen LogP contribution is -2.31. The summed E-state index contributed by atoms with van der Waals surface area (Å²) in [5, 5.41) is 7.44. The molecule has 0 saturated carbocycles. The van der Waals surface area contributed by atoms with Gasteiger partial charge in [0, 0.05) is 28.2 Å². The Kier molecular flexibility index (Phi) is 6.38. The zero-order valence-corrected chi connectivity index (χ0v) is 26.9. The molecule has 1 aliphatic rings. The molecule has 230 valence electrons. The predicted octanol–water partition coefficient (Wildman–Crippen LogP) is 12.9. The van der Waals surface area contributed by atoms with Crippen molar-refractivity contribution in [3.63, 3.8) is 0 Å². The van der Waals surface area contributed by atoms with E-state index in [0.717, 1.165) is 34.1 Å². The summed E-state index contributed by atoms with van der Waals surface area (Å²) in [5.41, 5.74) is 8.49. The molecular formula is C45H33FN2. The topological polar surface area (TPSA) is 6.48 Å². The van der Waals surface area contributed by atoms with Crippen LogP contribution in [0, 0.1) is 5.82 Å². The minimum Gasteiger partial charge on any atom is -0.310 e. The van der Waals surface area contributed by atoms with Gasteiger partial charge in [0.1, 0.15) is 5.82 Å². The van der Waals surface area contributed by atoms with Crippen molar-refractivity contribution in [1.82, 2.24) is 0 Å². The standard InChI is InChI=1S/C45H33FN2/c1-45(2)41-27-34(47(31-13-5-3-6-14-31)32-15-7-4-8-16-32)25-26-43(41)48(33-23-21-30(46)22-24-33)44-29-40-38-20-12-10-18-36(38)35-17-9-11-19-37(35)39(40)28-42(44)45/h3-29H,1-2H3. The van der Waals surface area contributed by atoms with Gasteiger partial charge in [0.15, 0.2) is 0 Å². The molecule has 8 aromatic carbocycles. The Balaban J connectivity index is 1.34. The zero-order valence-electron chi connectivity index (χ0n) is 26.9. The number of nitrogens with zero attached hydrogens (tertiary/aromatic N) is 2. The highest BCUT2D eigenvalue weighted by Crippen LogP contribution is 2.55. The van der Waals surface area contributed by atoms with Crippen molar-refractivity contribution in [1.29, 1.82) is 0 Å². The fourth-order valence-electron chi connectivity index (χ4n) is 7.73. The molecular weight excluding hydrogens is 588 g/mol. The largest absolute Gasteiger partial charge is 0.310 e. The highest BCUT2D eigenvalue weighted by Gasteiger charge is 2.38. The van der Waals surface area contributed by atoms with E-state index in [1.54, 1.807) is 12.1 Å². The Morgan fingerprint density at radius 1 is 0.438 bits per heavy atom. The first-order valence-corrected chi connectivity index (χ1v) is 16.5. The highest BCUT2D eigenvalue weighted by molar-refractivity contribution is 6.26. The van der Waals surface area contributed by atoms with Gasteiger partial charge in [-0.3, -0.25) is 0 Å². The number of hydrogen-bond acceptors (Lipinski definition) is 2. The van der Waals surface area contributed by atoms with Crippen LogP contribution in [0.4, 0.5) is 38.5 Å². The lowest BCUT2D eigenvalue weighted by Gasteiger charge is -2.43. The van der Waals surface area contributed by atoms with Gasteiger partial charge in [-0.2, -0.15) is 0 Å². The summed E-state index contributed by atoms with van der Waals surface area (Å²) in [6.45, 7) is 4.67. The van der Waals surface area contributed by atoms with E-state index in [2.05, 4.69) is 163 Å². The van der Waals surface area contributed by atoms with E-state index in [1.165, 1.54) is 43.4 Å². The van der Waals surface area contributed by atoms with Crippen LogP contribution in [0.3, 0.4) is 0 Å². The fraction of sp³-hybridized carbons (Fsp3) is 0.0667. The first-order valence-electron chi connectivity index (χ1n) is 16.5. The van der Waals surface area contributed by atoms with Crippen LogP contribution < -0.4 is 9.80 Å². The van der Waals surface area contributed by atoms with Crippen LogP contribution in [0.2, 0.25) is 0 Å². The van der Waals surface area contributed by atoms with Gasteiger partial charge in [-0.15, -0.1) is 0 Å². The summed E-state index contributed by atoms with van der Waals surface area (Å²) in [5.74, 6) is -0.246. The van der Waals surface area contributed by atoms with Crippen molar-refractivity contribution in [2.45, 2.75) is 19.3 Å². The summed E-state index contributed by atoms with van der Waals surface area (Å²) >= 11 is 0. The van der Waals surface area contributed by atoms with Crippen LogP contribution in [-0.4, -0.2) is 0 Å². The second-order valence-electron chi connectivity index (χ2n) is 13.2. The van der Waals surface area contributed by atoms with E-state index in [0.29, 0.717) is 0 Å². The Labute approximate surface area is 279 Å². The molecule has 0 radical (unpaired) electrons. The number of anilines is 6. The Morgan fingerprint density at radius 3 is 1.48 bits per heavy atom. The van der Waals surface area contributed by atoms with Crippen molar-refractivity contribution in [2.24, 2.45) is 0 Å². The van der Waals surface area contributed by atoms with Crippen molar-refractivity contribution in [2.75, 3.05) is 9.80 Å². The molecule has 0 aromatic heterocycles. The van der Waals surface area contributed by atoms with Crippen LogP contribution in [-0.2, 0) is 5.41 Å². The molecule has 0 spiro atoms. The van der Waals surface area contributed by atoms with E-state index in [4.69, 9.17) is 0 Å². The number of benzene rings is 8. The lowest BCUT2D eigenvalue weighted by atomic mass is 9.72. The maximum atomic E-state index is 14.3. The molecule has 2 nitrogen and oxygen atoms in total. The van der Waals surface area contributed by atoms with Crippen molar-refractivity contribution in [3.8, 4) is 0 Å². The number of para-hydroxylation sites is 2. The maximum absolute atomic E-state index is 14.3. The van der Waals surface area contributed by atoms with Crippen molar-refractivity contribution >= 4 is 66.4 Å². The Bertz CT molecular complexity index is 2450. The SMILES string of the molecule is CC1(C)c2cc(N(c3ccccc3)c3ccccc3)ccc2N(c2ccc(F)cc2)c2cc3c4ccccc4c4ccccc4c3cc21. The lowest BCUT2D eigenvalue weighted by molar-refractivity contribution is 0.626. The summed E-state index contributed by atoms with van der Waals surface area (Å²) in [4.78, 5) is 4.63. The second kappa shape index (κ2) is 10.8. The van der Waals surface area contributed by atoms with Crippen LogP contribution in [0.5, 0.6) is 0 Å². The molecule has 3 heteroatoms. The van der Waals surface area contributed by atoms with Gasteiger partial charge in [0.05, 0.1) is 11.4 Å². The quantitative estimate of drug-likeness (QED) is 0.181. The van der Waals surface area contributed by atoms with Crippen molar-refractivity contribution < 1.29 is 4.39 Å². The minimum atomic E-state index is -0.350. The van der Waals surface area contributed by atoms with Crippen LogP contribution >= 0.6 is 0 Å².